The number of nitrogens with one attached hydrogen (secondary N) is 2. The highest BCUT2D eigenvalue weighted by atomic mass is 16.2. The lowest BCUT2D eigenvalue weighted by molar-refractivity contribution is -0.131. The van der Waals surface area contributed by atoms with Gasteiger partial charge < -0.3 is 0 Å². The molecule has 14 heavy (non-hydrogen) atoms. The molecule has 82 valence electrons. The highest BCUT2D eigenvalue weighted by molar-refractivity contribution is 5.82. The number of unbranched alkanes of at least 4 members (excludes halogenated alkanes) is 1. The van der Waals surface area contributed by atoms with E-state index in [1.54, 1.807) is 0 Å². The van der Waals surface area contributed by atoms with Gasteiger partial charge in [-0.05, 0) is 12.8 Å². The average Bonchev–Trinajstić information content (AvgIpc) is 2.21. The summed E-state index contributed by atoms with van der Waals surface area (Å²) in [6, 6.07) is 0. The molecule has 0 aromatic heterocycles. The molecule has 0 aliphatic carbocycles. The van der Waals surface area contributed by atoms with Gasteiger partial charge in [0.1, 0.15) is 0 Å². The molecule has 0 aliphatic rings. The Morgan fingerprint density at radius 1 is 1.21 bits per heavy atom. The molecule has 0 radical (unpaired) electrons. The summed E-state index contributed by atoms with van der Waals surface area (Å²) in [7, 11) is 0. The molecule has 0 aliphatic heterocycles. The summed E-state index contributed by atoms with van der Waals surface area (Å²) < 4.78 is 0. The molecule has 0 fully saturated rings. The monoisotopic (exact) mass is 200 g/mol. The Morgan fingerprint density at radius 3 is 2.36 bits per heavy atom. The third-order valence-corrected chi connectivity index (χ3v) is 2.14. The number of carbonyl (C=O) groups is 2. The van der Waals surface area contributed by atoms with Crippen molar-refractivity contribution in [2.45, 2.75) is 46.5 Å². The minimum absolute atomic E-state index is 0.0542. The van der Waals surface area contributed by atoms with E-state index < -0.39 is 0 Å². The van der Waals surface area contributed by atoms with Crippen LogP contribution in [-0.4, -0.2) is 11.8 Å². The van der Waals surface area contributed by atoms with Crippen LogP contribution in [0.3, 0.4) is 0 Å². The number of amides is 2. The summed E-state index contributed by atoms with van der Waals surface area (Å²) in [6.45, 7) is 5.78. The van der Waals surface area contributed by atoms with Gasteiger partial charge in [-0.2, -0.15) is 0 Å². The highest BCUT2D eigenvalue weighted by Gasteiger charge is 2.10. The molecule has 0 spiro atoms. The molecule has 0 rings (SSSR count). The summed E-state index contributed by atoms with van der Waals surface area (Å²) in [5, 5.41) is 0. The Bertz CT molecular complexity index is 193. The molecule has 0 heterocycles. The predicted octanol–water partition coefficient (Wildman–Crippen LogP) is 1.37. The summed E-state index contributed by atoms with van der Waals surface area (Å²) in [5.74, 6) is -0.303. The SMILES string of the molecule is CCCCC(=O)NNC(=O)C(C)CC. The maximum Gasteiger partial charge on any atom is 0.241 e. The normalized spacial score (nSPS) is 11.9. The summed E-state index contributed by atoms with van der Waals surface area (Å²) in [4.78, 5) is 22.3. The average molecular weight is 200 g/mol. The molecular weight excluding hydrogens is 180 g/mol. The fraction of sp³-hybridized carbons (Fsp3) is 0.800. The lowest BCUT2D eigenvalue weighted by Crippen LogP contribution is -2.43. The largest absolute Gasteiger partial charge is 0.273 e. The van der Waals surface area contributed by atoms with Crippen LogP contribution in [-0.2, 0) is 9.59 Å². The number of hydrogen-bond acceptors (Lipinski definition) is 2. The zero-order valence-corrected chi connectivity index (χ0v) is 9.22. The van der Waals surface area contributed by atoms with Gasteiger partial charge in [0.25, 0.3) is 0 Å². The second-order valence-electron chi connectivity index (χ2n) is 3.45. The van der Waals surface area contributed by atoms with Gasteiger partial charge in [0.05, 0.1) is 0 Å². The van der Waals surface area contributed by atoms with Crippen molar-refractivity contribution >= 4 is 11.8 Å². The maximum absolute atomic E-state index is 11.2. The minimum atomic E-state index is -0.127. The van der Waals surface area contributed by atoms with Gasteiger partial charge in [-0.3, -0.25) is 20.4 Å². The van der Waals surface area contributed by atoms with Crippen LogP contribution >= 0.6 is 0 Å². The second kappa shape index (κ2) is 7.35. The maximum atomic E-state index is 11.2. The van der Waals surface area contributed by atoms with Crippen molar-refractivity contribution in [3.05, 3.63) is 0 Å². The van der Waals surface area contributed by atoms with Crippen molar-refractivity contribution in [1.82, 2.24) is 10.9 Å². The van der Waals surface area contributed by atoms with Crippen LogP contribution in [0, 0.1) is 5.92 Å². The minimum Gasteiger partial charge on any atom is -0.273 e. The van der Waals surface area contributed by atoms with Gasteiger partial charge in [-0.1, -0.05) is 27.2 Å². The number of rotatable bonds is 5. The Kier molecular flexibility index (Phi) is 6.80. The van der Waals surface area contributed by atoms with Gasteiger partial charge in [-0.15, -0.1) is 0 Å². The molecule has 1 unspecified atom stereocenters. The summed E-state index contributed by atoms with van der Waals surface area (Å²) in [6.07, 6.45) is 3.08. The van der Waals surface area contributed by atoms with Crippen molar-refractivity contribution in [1.29, 1.82) is 0 Å². The number of hydrazine groups is 1. The van der Waals surface area contributed by atoms with E-state index in [4.69, 9.17) is 0 Å². The van der Waals surface area contributed by atoms with Crippen LogP contribution in [0.2, 0.25) is 0 Å². The quantitative estimate of drug-likeness (QED) is 0.658. The number of hydrogen-bond donors (Lipinski definition) is 2. The third kappa shape index (κ3) is 5.56. The first kappa shape index (κ1) is 12.9. The third-order valence-electron chi connectivity index (χ3n) is 2.14. The van der Waals surface area contributed by atoms with E-state index in [9.17, 15) is 9.59 Å². The van der Waals surface area contributed by atoms with Crippen molar-refractivity contribution in [2.24, 2.45) is 5.92 Å². The molecule has 2 amide bonds. The highest BCUT2D eigenvalue weighted by Crippen LogP contribution is 1.98. The van der Waals surface area contributed by atoms with E-state index in [1.807, 2.05) is 20.8 Å². The van der Waals surface area contributed by atoms with Gasteiger partial charge in [0, 0.05) is 12.3 Å². The van der Waals surface area contributed by atoms with Gasteiger partial charge in [0.2, 0.25) is 11.8 Å². The summed E-state index contributed by atoms with van der Waals surface area (Å²) in [5.41, 5.74) is 4.80. The van der Waals surface area contributed by atoms with Crippen molar-refractivity contribution in [2.75, 3.05) is 0 Å². The van der Waals surface area contributed by atoms with E-state index in [1.165, 1.54) is 0 Å². The molecule has 4 heteroatoms. The van der Waals surface area contributed by atoms with E-state index >= 15 is 0 Å². The molecule has 0 saturated heterocycles. The molecule has 4 nitrogen and oxygen atoms in total. The van der Waals surface area contributed by atoms with E-state index in [2.05, 4.69) is 10.9 Å². The van der Waals surface area contributed by atoms with Crippen LogP contribution in [0.25, 0.3) is 0 Å². The Labute approximate surface area is 85.4 Å². The number of carbonyl (C=O) groups excluding carboxylic acids is 2. The fourth-order valence-corrected chi connectivity index (χ4v) is 0.840. The van der Waals surface area contributed by atoms with Crippen molar-refractivity contribution < 1.29 is 9.59 Å². The van der Waals surface area contributed by atoms with Crippen molar-refractivity contribution in [3.63, 3.8) is 0 Å². The standard InChI is InChI=1S/C10H20N2O2/c1-4-6-7-9(13)11-12-10(14)8(3)5-2/h8H,4-7H2,1-3H3,(H,11,13)(H,12,14). The van der Waals surface area contributed by atoms with Gasteiger partial charge in [0.15, 0.2) is 0 Å². The van der Waals surface area contributed by atoms with Crippen LogP contribution in [0.15, 0.2) is 0 Å². The Hall–Kier alpha value is -1.06. The topological polar surface area (TPSA) is 58.2 Å². The van der Waals surface area contributed by atoms with Crippen LogP contribution in [0.4, 0.5) is 0 Å². The van der Waals surface area contributed by atoms with Gasteiger partial charge >= 0.3 is 0 Å². The van der Waals surface area contributed by atoms with E-state index in [0.29, 0.717) is 6.42 Å². The molecule has 0 aromatic carbocycles. The molecule has 0 saturated carbocycles. The molecule has 0 bridgehead atoms. The molecule has 2 N–H and O–H groups in total. The molecular formula is C10H20N2O2. The van der Waals surface area contributed by atoms with Crippen LogP contribution < -0.4 is 10.9 Å². The van der Waals surface area contributed by atoms with E-state index in [-0.39, 0.29) is 17.7 Å². The van der Waals surface area contributed by atoms with E-state index in [0.717, 1.165) is 19.3 Å². The van der Waals surface area contributed by atoms with Crippen molar-refractivity contribution in [3.8, 4) is 0 Å². The Balaban J connectivity index is 3.61. The zero-order valence-electron chi connectivity index (χ0n) is 9.22. The first-order valence-corrected chi connectivity index (χ1v) is 5.20. The van der Waals surface area contributed by atoms with Crippen LogP contribution in [0.5, 0.6) is 0 Å². The lowest BCUT2D eigenvalue weighted by Gasteiger charge is -2.10. The smallest absolute Gasteiger partial charge is 0.241 e. The lowest BCUT2D eigenvalue weighted by atomic mass is 10.1. The first-order valence-electron chi connectivity index (χ1n) is 5.20. The Morgan fingerprint density at radius 2 is 1.86 bits per heavy atom. The van der Waals surface area contributed by atoms with Crippen LogP contribution in [0.1, 0.15) is 46.5 Å². The molecule has 0 aromatic rings. The molecule has 1 atom stereocenters. The summed E-state index contributed by atoms with van der Waals surface area (Å²) >= 11 is 0. The fourth-order valence-electron chi connectivity index (χ4n) is 0.840. The first-order chi connectivity index (χ1) is 6.61. The zero-order chi connectivity index (χ0) is 11.0. The van der Waals surface area contributed by atoms with Gasteiger partial charge in [-0.25, -0.2) is 0 Å². The predicted molar refractivity (Wildman–Crippen MR) is 55.3 cm³/mol. The second-order valence-corrected chi connectivity index (χ2v) is 3.45.